The van der Waals surface area contributed by atoms with Crippen LogP contribution < -0.4 is 0 Å². The van der Waals surface area contributed by atoms with Gasteiger partial charge in [-0.1, -0.05) is 26.8 Å². The van der Waals surface area contributed by atoms with E-state index in [2.05, 4.69) is 26.8 Å². The molecule has 0 saturated heterocycles. The first-order valence-corrected chi connectivity index (χ1v) is 7.02. The summed E-state index contributed by atoms with van der Waals surface area (Å²) in [5, 5.41) is 0. The Morgan fingerprint density at radius 3 is 2.32 bits per heavy atom. The van der Waals surface area contributed by atoms with Gasteiger partial charge in [-0.2, -0.15) is 0 Å². The van der Waals surface area contributed by atoms with Gasteiger partial charge in [0, 0.05) is 12.7 Å². The summed E-state index contributed by atoms with van der Waals surface area (Å²) < 4.78 is 5.65. The molecular formula is C17H24O2. The summed E-state index contributed by atoms with van der Waals surface area (Å²) in [4.78, 5) is 11.7. The molecule has 0 aromatic heterocycles. The Bertz CT molecular complexity index is 479. The third kappa shape index (κ3) is 3.24. The van der Waals surface area contributed by atoms with E-state index in [-0.39, 0.29) is 17.3 Å². The number of ether oxygens (including phenoxy) is 1. The van der Waals surface area contributed by atoms with Crippen LogP contribution in [0.15, 0.2) is 18.2 Å². The molecule has 2 rings (SSSR count). The van der Waals surface area contributed by atoms with E-state index >= 15 is 0 Å². The Labute approximate surface area is 116 Å². The van der Waals surface area contributed by atoms with E-state index in [1.54, 1.807) is 14.0 Å². The summed E-state index contributed by atoms with van der Waals surface area (Å²) in [6.45, 7) is 8.16. The number of hydrogen-bond donors (Lipinski definition) is 0. The minimum absolute atomic E-state index is 0.0437. The molecule has 0 bridgehead atoms. The first kappa shape index (κ1) is 14.3. The zero-order chi connectivity index (χ0) is 14.2. The van der Waals surface area contributed by atoms with Crippen molar-refractivity contribution in [1.82, 2.24) is 0 Å². The molecule has 0 heterocycles. The molecule has 1 saturated carbocycles. The van der Waals surface area contributed by atoms with Gasteiger partial charge in [-0.25, -0.2) is 0 Å². The van der Waals surface area contributed by atoms with Gasteiger partial charge >= 0.3 is 0 Å². The second kappa shape index (κ2) is 5.09. The Morgan fingerprint density at radius 2 is 1.89 bits per heavy atom. The van der Waals surface area contributed by atoms with Crippen molar-refractivity contribution < 1.29 is 9.53 Å². The van der Waals surface area contributed by atoms with E-state index in [1.165, 1.54) is 18.4 Å². The maximum absolute atomic E-state index is 11.7. The SMILES string of the molecule is COC(c1cc(C(C)=O)cc(C(C)(C)C)c1)C1CC1. The average molecular weight is 260 g/mol. The van der Waals surface area contributed by atoms with Crippen LogP contribution in [0.3, 0.4) is 0 Å². The number of methoxy groups -OCH3 is 1. The van der Waals surface area contributed by atoms with Gasteiger partial charge in [-0.3, -0.25) is 4.79 Å². The van der Waals surface area contributed by atoms with Crippen molar-refractivity contribution in [2.45, 2.75) is 52.1 Å². The van der Waals surface area contributed by atoms with Crippen molar-refractivity contribution in [3.8, 4) is 0 Å². The van der Waals surface area contributed by atoms with E-state index < -0.39 is 0 Å². The molecule has 0 N–H and O–H groups in total. The van der Waals surface area contributed by atoms with Crippen molar-refractivity contribution >= 4 is 5.78 Å². The summed E-state index contributed by atoms with van der Waals surface area (Å²) >= 11 is 0. The Balaban J connectivity index is 2.47. The fourth-order valence-corrected chi connectivity index (χ4v) is 2.45. The molecule has 2 nitrogen and oxygen atoms in total. The lowest BCUT2D eigenvalue weighted by Gasteiger charge is -2.23. The van der Waals surface area contributed by atoms with Gasteiger partial charge in [0.05, 0.1) is 6.10 Å². The van der Waals surface area contributed by atoms with Crippen LogP contribution in [0.25, 0.3) is 0 Å². The molecule has 0 aliphatic heterocycles. The fourth-order valence-electron chi connectivity index (χ4n) is 2.45. The number of Topliss-reactive ketones (excluding diaryl/α,β-unsaturated/α-hetero) is 1. The topological polar surface area (TPSA) is 26.3 Å². The standard InChI is InChI=1S/C17H24O2/c1-11(18)13-8-14(16(19-5)12-6-7-12)10-15(9-13)17(2,3)4/h8-10,12,16H,6-7H2,1-5H3. The van der Waals surface area contributed by atoms with Crippen LogP contribution in [0.2, 0.25) is 0 Å². The van der Waals surface area contributed by atoms with Crippen molar-refractivity contribution in [2.24, 2.45) is 5.92 Å². The molecule has 0 amide bonds. The second-order valence-corrected chi connectivity index (χ2v) is 6.64. The average Bonchev–Trinajstić information content (AvgIpc) is 3.13. The number of rotatable bonds is 4. The van der Waals surface area contributed by atoms with Crippen LogP contribution >= 0.6 is 0 Å². The highest BCUT2D eigenvalue weighted by Gasteiger charge is 2.33. The van der Waals surface area contributed by atoms with Crippen molar-refractivity contribution in [3.05, 3.63) is 34.9 Å². The third-order valence-electron chi connectivity index (χ3n) is 3.86. The van der Waals surface area contributed by atoms with Gasteiger partial charge in [0.25, 0.3) is 0 Å². The van der Waals surface area contributed by atoms with Crippen LogP contribution in [-0.4, -0.2) is 12.9 Å². The van der Waals surface area contributed by atoms with Crippen LogP contribution in [0.1, 0.15) is 68.1 Å². The first-order chi connectivity index (χ1) is 8.82. The molecule has 1 unspecified atom stereocenters. The molecule has 1 aromatic rings. The molecule has 2 heteroatoms. The maximum Gasteiger partial charge on any atom is 0.159 e. The van der Waals surface area contributed by atoms with Gasteiger partial charge in [0.15, 0.2) is 5.78 Å². The van der Waals surface area contributed by atoms with E-state index in [4.69, 9.17) is 4.74 Å². The highest BCUT2D eigenvalue weighted by atomic mass is 16.5. The normalized spacial score (nSPS) is 17.3. The lowest BCUT2D eigenvalue weighted by molar-refractivity contribution is 0.0843. The lowest BCUT2D eigenvalue weighted by Crippen LogP contribution is -2.14. The van der Waals surface area contributed by atoms with Gasteiger partial charge in [-0.05, 0) is 54.4 Å². The van der Waals surface area contributed by atoms with Crippen LogP contribution in [0.5, 0.6) is 0 Å². The Kier molecular flexibility index (Phi) is 3.82. The number of carbonyl (C=O) groups excluding carboxylic acids is 1. The molecule has 0 spiro atoms. The quantitative estimate of drug-likeness (QED) is 0.755. The zero-order valence-electron chi connectivity index (χ0n) is 12.6. The van der Waals surface area contributed by atoms with E-state index in [0.717, 1.165) is 11.1 Å². The summed E-state index contributed by atoms with van der Waals surface area (Å²) in [7, 11) is 1.76. The zero-order valence-corrected chi connectivity index (χ0v) is 12.6. The third-order valence-corrected chi connectivity index (χ3v) is 3.86. The highest BCUT2D eigenvalue weighted by Crippen LogP contribution is 2.43. The molecule has 1 aliphatic rings. The van der Waals surface area contributed by atoms with E-state index in [0.29, 0.717) is 5.92 Å². The van der Waals surface area contributed by atoms with Crippen molar-refractivity contribution in [2.75, 3.05) is 7.11 Å². The number of benzene rings is 1. The van der Waals surface area contributed by atoms with Gasteiger partial charge in [0.1, 0.15) is 0 Å². The molecule has 0 radical (unpaired) electrons. The molecule has 1 aliphatic carbocycles. The van der Waals surface area contributed by atoms with Crippen LogP contribution in [-0.2, 0) is 10.2 Å². The summed E-state index contributed by atoms with van der Waals surface area (Å²) in [5.74, 6) is 0.748. The molecule has 1 fully saturated rings. The van der Waals surface area contributed by atoms with Crippen molar-refractivity contribution in [3.63, 3.8) is 0 Å². The predicted octanol–water partition coefficient (Wildman–Crippen LogP) is 4.28. The number of carbonyl (C=O) groups is 1. The monoisotopic (exact) mass is 260 g/mol. The summed E-state index contributed by atoms with van der Waals surface area (Å²) in [6.07, 6.45) is 2.60. The maximum atomic E-state index is 11.7. The Morgan fingerprint density at radius 1 is 1.26 bits per heavy atom. The predicted molar refractivity (Wildman–Crippen MR) is 77.6 cm³/mol. The summed E-state index contributed by atoms with van der Waals surface area (Å²) in [5.41, 5.74) is 3.20. The van der Waals surface area contributed by atoms with E-state index in [9.17, 15) is 4.79 Å². The Hall–Kier alpha value is -1.15. The minimum Gasteiger partial charge on any atom is -0.376 e. The fraction of sp³-hybridized carbons (Fsp3) is 0.588. The molecule has 104 valence electrons. The van der Waals surface area contributed by atoms with Crippen LogP contribution in [0.4, 0.5) is 0 Å². The minimum atomic E-state index is 0.0437. The number of hydrogen-bond acceptors (Lipinski definition) is 2. The largest absolute Gasteiger partial charge is 0.376 e. The summed E-state index contributed by atoms with van der Waals surface area (Å²) in [6, 6.07) is 6.23. The molecular weight excluding hydrogens is 236 g/mol. The van der Waals surface area contributed by atoms with Gasteiger partial charge < -0.3 is 4.74 Å². The van der Waals surface area contributed by atoms with Gasteiger partial charge in [0.2, 0.25) is 0 Å². The van der Waals surface area contributed by atoms with Crippen molar-refractivity contribution in [1.29, 1.82) is 0 Å². The van der Waals surface area contributed by atoms with Gasteiger partial charge in [-0.15, -0.1) is 0 Å². The lowest BCUT2D eigenvalue weighted by atomic mass is 9.83. The number of ketones is 1. The second-order valence-electron chi connectivity index (χ2n) is 6.64. The molecule has 1 aromatic carbocycles. The van der Waals surface area contributed by atoms with E-state index in [1.807, 2.05) is 12.1 Å². The highest BCUT2D eigenvalue weighted by molar-refractivity contribution is 5.94. The first-order valence-electron chi connectivity index (χ1n) is 7.02. The smallest absolute Gasteiger partial charge is 0.159 e. The molecule has 19 heavy (non-hydrogen) atoms. The van der Waals surface area contributed by atoms with Crippen LogP contribution in [0, 0.1) is 5.92 Å². The molecule has 1 atom stereocenters.